The Labute approximate surface area is 161 Å². The maximum atomic E-state index is 12.5. The average molecular weight is 384 g/mol. The van der Waals surface area contributed by atoms with Crippen LogP contribution in [0.4, 0.5) is 5.69 Å². The zero-order valence-electron chi connectivity index (χ0n) is 15.0. The number of benzene rings is 2. The first-order valence-electron chi connectivity index (χ1n) is 8.59. The maximum absolute atomic E-state index is 12.5. The molecule has 7 heteroatoms. The summed E-state index contributed by atoms with van der Waals surface area (Å²) >= 11 is 6.32. The normalized spacial score (nSPS) is 16.8. The van der Waals surface area contributed by atoms with Gasteiger partial charge in [-0.15, -0.1) is 0 Å². The van der Waals surface area contributed by atoms with Crippen LogP contribution in [0.15, 0.2) is 47.0 Å². The van der Waals surface area contributed by atoms with E-state index in [0.717, 1.165) is 16.9 Å². The highest BCUT2D eigenvalue weighted by Gasteiger charge is 2.35. The van der Waals surface area contributed by atoms with E-state index < -0.39 is 0 Å². The standard InChI is InChI=1S/C20H18ClN3O3/c1-12-3-8-17(16(21)9-12)24-11-14(10-18(24)25)19-22-20(27-23-19)13-4-6-15(26-2)7-5-13/h3-9,14H,10-11H2,1-2H3. The molecular formula is C20H18ClN3O3. The molecule has 0 spiro atoms. The van der Waals surface area contributed by atoms with Crippen LogP contribution in [-0.2, 0) is 4.79 Å². The summed E-state index contributed by atoms with van der Waals surface area (Å²) in [6.07, 6.45) is 0.325. The minimum absolute atomic E-state index is 0.00144. The van der Waals surface area contributed by atoms with E-state index in [4.69, 9.17) is 20.9 Å². The smallest absolute Gasteiger partial charge is 0.257 e. The van der Waals surface area contributed by atoms with Crippen molar-refractivity contribution in [3.05, 3.63) is 58.9 Å². The molecule has 1 aliphatic rings. The van der Waals surface area contributed by atoms with Gasteiger partial charge in [0.05, 0.1) is 17.8 Å². The van der Waals surface area contributed by atoms with Gasteiger partial charge < -0.3 is 14.2 Å². The van der Waals surface area contributed by atoms with Gasteiger partial charge in [0.15, 0.2) is 5.82 Å². The molecule has 1 saturated heterocycles. The predicted molar refractivity (Wildman–Crippen MR) is 102 cm³/mol. The number of halogens is 1. The third-order valence-electron chi connectivity index (χ3n) is 4.66. The fourth-order valence-electron chi connectivity index (χ4n) is 3.20. The third-order valence-corrected chi connectivity index (χ3v) is 4.97. The molecule has 0 aliphatic carbocycles. The van der Waals surface area contributed by atoms with E-state index in [0.29, 0.717) is 35.4 Å². The van der Waals surface area contributed by atoms with Gasteiger partial charge in [0.2, 0.25) is 5.91 Å². The lowest BCUT2D eigenvalue weighted by molar-refractivity contribution is -0.117. The first kappa shape index (κ1) is 17.5. The number of carbonyl (C=O) groups excluding carboxylic acids is 1. The van der Waals surface area contributed by atoms with Gasteiger partial charge in [-0.1, -0.05) is 22.8 Å². The van der Waals surface area contributed by atoms with Crippen LogP contribution in [0, 0.1) is 6.92 Å². The number of aryl methyl sites for hydroxylation is 1. The summed E-state index contributed by atoms with van der Waals surface area (Å²) in [6, 6.07) is 13.0. The minimum Gasteiger partial charge on any atom is -0.497 e. The molecule has 0 saturated carbocycles. The lowest BCUT2D eigenvalue weighted by atomic mass is 10.1. The van der Waals surface area contributed by atoms with Crippen molar-refractivity contribution in [1.29, 1.82) is 0 Å². The van der Waals surface area contributed by atoms with Crippen LogP contribution in [0.25, 0.3) is 11.5 Å². The summed E-state index contributed by atoms with van der Waals surface area (Å²) < 4.78 is 10.5. The van der Waals surface area contributed by atoms with Crippen LogP contribution in [0.5, 0.6) is 5.75 Å². The number of aromatic nitrogens is 2. The molecule has 1 atom stereocenters. The van der Waals surface area contributed by atoms with Crippen LogP contribution in [-0.4, -0.2) is 29.7 Å². The van der Waals surface area contributed by atoms with Crippen molar-refractivity contribution in [2.75, 3.05) is 18.6 Å². The summed E-state index contributed by atoms with van der Waals surface area (Å²) in [5.41, 5.74) is 2.57. The SMILES string of the molecule is COc1ccc(-c2nc(C3CC(=O)N(c4ccc(C)cc4Cl)C3)no2)cc1. The highest BCUT2D eigenvalue weighted by Crippen LogP contribution is 2.35. The van der Waals surface area contributed by atoms with E-state index in [2.05, 4.69) is 10.1 Å². The largest absolute Gasteiger partial charge is 0.497 e. The molecule has 0 N–H and O–H groups in total. The molecule has 1 unspecified atom stereocenters. The summed E-state index contributed by atoms with van der Waals surface area (Å²) in [5, 5.41) is 4.65. The number of ether oxygens (including phenoxy) is 1. The Hall–Kier alpha value is -2.86. The molecule has 1 amide bonds. The summed E-state index contributed by atoms with van der Waals surface area (Å²) in [4.78, 5) is 18.7. The first-order chi connectivity index (χ1) is 13.0. The zero-order chi connectivity index (χ0) is 19.0. The molecule has 4 rings (SSSR count). The molecule has 1 aromatic heterocycles. The lowest BCUT2D eigenvalue weighted by Gasteiger charge is -2.18. The fraction of sp³-hybridized carbons (Fsp3) is 0.250. The number of amides is 1. The van der Waals surface area contributed by atoms with E-state index in [1.54, 1.807) is 12.0 Å². The Morgan fingerprint density at radius 2 is 2.00 bits per heavy atom. The van der Waals surface area contributed by atoms with Crippen LogP contribution in [0.2, 0.25) is 5.02 Å². The Morgan fingerprint density at radius 3 is 2.70 bits per heavy atom. The number of anilines is 1. The Balaban J connectivity index is 1.54. The highest BCUT2D eigenvalue weighted by molar-refractivity contribution is 6.34. The second kappa shape index (κ2) is 7.04. The van der Waals surface area contributed by atoms with Crippen LogP contribution in [0.3, 0.4) is 0 Å². The second-order valence-electron chi connectivity index (χ2n) is 6.55. The van der Waals surface area contributed by atoms with Crippen LogP contribution >= 0.6 is 11.6 Å². The number of hydrogen-bond acceptors (Lipinski definition) is 5. The monoisotopic (exact) mass is 383 g/mol. The molecule has 3 aromatic rings. The van der Waals surface area contributed by atoms with Crippen LogP contribution in [0.1, 0.15) is 23.7 Å². The first-order valence-corrected chi connectivity index (χ1v) is 8.97. The summed E-state index contributed by atoms with van der Waals surface area (Å²) in [6.45, 7) is 2.44. The van der Waals surface area contributed by atoms with Crippen molar-refractivity contribution < 1.29 is 14.1 Å². The molecule has 0 bridgehead atoms. The third kappa shape index (κ3) is 3.40. The Bertz CT molecular complexity index is 984. The van der Waals surface area contributed by atoms with Gasteiger partial charge in [-0.3, -0.25) is 4.79 Å². The molecule has 1 fully saturated rings. The molecule has 2 aromatic carbocycles. The summed E-state index contributed by atoms with van der Waals surface area (Å²) in [5.74, 6) is 1.57. The summed E-state index contributed by atoms with van der Waals surface area (Å²) in [7, 11) is 1.61. The van der Waals surface area contributed by atoms with E-state index in [1.165, 1.54) is 0 Å². The van der Waals surface area contributed by atoms with Crippen molar-refractivity contribution in [2.24, 2.45) is 0 Å². The van der Waals surface area contributed by atoms with Crippen LogP contribution < -0.4 is 9.64 Å². The van der Waals surface area contributed by atoms with Crippen molar-refractivity contribution in [2.45, 2.75) is 19.3 Å². The lowest BCUT2D eigenvalue weighted by Crippen LogP contribution is -2.24. The van der Waals surface area contributed by atoms with E-state index in [9.17, 15) is 4.79 Å². The van der Waals surface area contributed by atoms with Gasteiger partial charge in [0, 0.05) is 24.4 Å². The molecule has 6 nitrogen and oxygen atoms in total. The number of methoxy groups -OCH3 is 1. The van der Waals surface area contributed by atoms with E-state index in [-0.39, 0.29) is 11.8 Å². The minimum atomic E-state index is -0.134. The number of hydrogen-bond donors (Lipinski definition) is 0. The van der Waals surface area contributed by atoms with Crippen molar-refractivity contribution in [3.8, 4) is 17.2 Å². The highest BCUT2D eigenvalue weighted by atomic mass is 35.5. The average Bonchev–Trinajstić information content (AvgIpc) is 3.29. The van der Waals surface area contributed by atoms with Gasteiger partial charge in [-0.2, -0.15) is 4.98 Å². The molecule has 1 aliphatic heterocycles. The van der Waals surface area contributed by atoms with Gasteiger partial charge in [0.1, 0.15) is 5.75 Å². The van der Waals surface area contributed by atoms with Crippen molar-refractivity contribution >= 4 is 23.2 Å². The molecular weight excluding hydrogens is 366 g/mol. The maximum Gasteiger partial charge on any atom is 0.257 e. The molecule has 0 radical (unpaired) electrons. The van der Waals surface area contributed by atoms with Gasteiger partial charge in [-0.25, -0.2) is 0 Å². The molecule has 138 valence electrons. The number of nitrogens with zero attached hydrogens (tertiary/aromatic N) is 3. The predicted octanol–water partition coefficient (Wildman–Crippen LogP) is 4.23. The fourth-order valence-corrected chi connectivity index (χ4v) is 3.53. The van der Waals surface area contributed by atoms with Crippen molar-refractivity contribution in [1.82, 2.24) is 10.1 Å². The molecule has 2 heterocycles. The topological polar surface area (TPSA) is 68.5 Å². The molecule has 27 heavy (non-hydrogen) atoms. The van der Waals surface area contributed by atoms with Gasteiger partial charge >= 0.3 is 0 Å². The number of rotatable bonds is 4. The quantitative estimate of drug-likeness (QED) is 0.674. The zero-order valence-corrected chi connectivity index (χ0v) is 15.7. The van der Waals surface area contributed by atoms with E-state index >= 15 is 0 Å². The Kier molecular flexibility index (Phi) is 4.58. The van der Waals surface area contributed by atoms with Crippen molar-refractivity contribution in [3.63, 3.8) is 0 Å². The second-order valence-corrected chi connectivity index (χ2v) is 6.95. The number of carbonyl (C=O) groups is 1. The van der Waals surface area contributed by atoms with Gasteiger partial charge in [-0.05, 0) is 48.9 Å². The van der Waals surface area contributed by atoms with Gasteiger partial charge in [0.25, 0.3) is 5.89 Å². The van der Waals surface area contributed by atoms with E-state index in [1.807, 2.05) is 49.4 Å². The Morgan fingerprint density at radius 1 is 1.22 bits per heavy atom.